The fourth-order valence-corrected chi connectivity index (χ4v) is 2.87. The van der Waals surface area contributed by atoms with Crippen LogP contribution < -0.4 is 0 Å². The molecule has 0 aliphatic carbocycles. The lowest BCUT2D eigenvalue weighted by Gasteiger charge is -2.10. The average molecular weight is 300 g/mol. The van der Waals surface area contributed by atoms with E-state index in [0.29, 0.717) is 0 Å². The Labute approximate surface area is 134 Å². The van der Waals surface area contributed by atoms with Crippen LogP contribution in [0.25, 0.3) is 22.4 Å². The number of imidazole rings is 1. The van der Waals surface area contributed by atoms with Crippen molar-refractivity contribution in [3.8, 4) is 17.1 Å². The van der Waals surface area contributed by atoms with Gasteiger partial charge in [-0.15, -0.1) is 0 Å². The summed E-state index contributed by atoms with van der Waals surface area (Å²) in [6.07, 6.45) is 0. The van der Waals surface area contributed by atoms with Crippen LogP contribution in [0.4, 0.5) is 0 Å². The van der Waals surface area contributed by atoms with Gasteiger partial charge in [0.05, 0.1) is 11.0 Å². The molecule has 1 N–H and O–H groups in total. The number of rotatable bonds is 3. The van der Waals surface area contributed by atoms with E-state index in [-0.39, 0.29) is 5.75 Å². The van der Waals surface area contributed by atoms with Crippen molar-refractivity contribution in [2.45, 2.75) is 6.54 Å². The second kappa shape index (κ2) is 5.61. The monoisotopic (exact) mass is 300 g/mol. The van der Waals surface area contributed by atoms with Gasteiger partial charge in [0, 0.05) is 12.1 Å². The highest BCUT2D eigenvalue weighted by molar-refractivity contribution is 5.81. The summed E-state index contributed by atoms with van der Waals surface area (Å²) in [5, 5.41) is 9.79. The first-order chi connectivity index (χ1) is 11.3. The van der Waals surface area contributed by atoms with Crippen molar-refractivity contribution in [1.29, 1.82) is 0 Å². The summed E-state index contributed by atoms with van der Waals surface area (Å²) in [6, 6.07) is 25.7. The first-order valence-electron chi connectivity index (χ1n) is 7.60. The van der Waals surface area contributed by atoms with Crippen molar-refractivity contribution in [2.75, 3.05) is 0 Å². The van der Waals surface area contributed by atoms with Crippen molar-refractivity contribution >= 4 is 11.0 Å². The Morgan fingerprint density at radius 3 is 2.43 bits per heavy atom. The summed E-state index contributed by atoms with van der Waals surface area (Å²) in [4.78, 5) is 4.77. The maximum atomic E-state index is 9.79. The van der Waals surface area contributed by atoms with Gasteiger partial charge < -0.3 is 9.67 Å². The molecule has 0 aliphatic rings. The second-order valence-electron chi connectivity index (χ2n) is 5.55. The predicted molar refractivity (Wildman–Crippen MR) is 92.4 cm³/mol. The molecule has 3 aromatic carbocycles. The molecule has 0 aliphatic heterocycles. The van der Waals surface area contributed by atoms with Gasteiger partial charge in [-0.05, 0) is 29.8 Å². The molecular formula is C20H16N2O. The Kier molecular flexibility index (Phi) is 3.31. The van der Waals surface area contributed by atoms with Gasteiger partial charge in [0.1, 0.15) is 11.6 Å². The lowest BCUT2D eigenvalue weighted by molar-refractivity contribution is 0.475. The molecule has 1 aromatic heterocycles. The molecule has 0 atom stereocenters. The van der Waals surface area contributed by atoms with E-state index in [1.165, 1.54) is 5.56 Å². The van der Waals surface area contributed by atoms with Crippen LogP contribution in [0.1, 0.15) is 5.56 Å². The van der Waals surface area contributed by atoms with Crippen molar-refractivity contribution in [3.05, 3.63) is 84.4 Å². The van der Waals surface area contributed by atoms with E-state index in [2.05, 4.69) is 22.8 Å². The second-order valence-corrected chi connectivity index (χ2v) is 5.55. The highest BCUT2D eigenvalue weighted by Gasteiger charge is 2.13. The quantitative estimate of drug-likeness (QED) is 0.606. The van der Waals surface area contributed by atoms with E-state index >= 15 is 0 Å². The minimum absolute atomic E-state index is 0.251. The van der Waals surface area contributed by atoms with Gasteiger partial charge in [0.2, 0.25) is 0 Å². The zero-order chi connectivity index (χ0) is 15.6. The summed E-state index contributed by atoms with van der Waals surface area (Å²) >= 11 is 0. The zero-order valence-corrected chi connectivity index (χ0v) is 12.6. The lowest BCUT2D eigenvalue weighted by atomic mass is 10.2. The molecule has 0 radical (unpaired) electrons. The third-order valence-electron chi connectivity index (χ3n) is 3.94. The number of hydrogen-bond acceptors (Lipinski definition) is 2. The summed E-state index contributed by atoms with van der Waals surface area (Å²) in [7, 11) is 0. The van der Waals surface area contributed by atoms with Crippen LogP contribution in [0.15, 0.2) is 78.9 Å². The average Bonchev–Trinajstić information content (AvgIpc) is 2.95. The van der Waals surface area contributed by atoms with E-state index < -0.39 is 0 Å². The molecule has 0 saturated heterocycles. The van der Waals surface area contributed by atoms with Crippen molar-refractivity contribution in [2.24, 2.45) is 0 Å². The van der Waals surface area contributed by atoms with Crippen LogP contribution in [0.2, 0.25) is 0 Å². The molecule has 0 bridgehead atoms. The van der Waals surface area contributed by atoms with E-state index in [4.69, 9.17) is 4.98 Å². The molecule has 1 heterocycles. The molecule has 23 heavy (non-hydrogen) atoms. The number of benzene rings is 3. The third kappa shape index (κ3) is 2.57. The molecule has 0 unspecified atom stereocenters. The van der Waals surface area contributed by atoms with Crippen molar-refractivity contribution < 1.29 is 5.11 Å². The molecule has 4 aromatic rings. The molecule has 0 amide bonds. The van der Waals surface area contributed by atoms with Gasteiger partial charge in [-0.1, -0.05) is 54.6 Å². The Morgan fingerprint density at radius 1 is 0.826 bits per heavy atom. The molecule has 112 valence electrons. The minimum atomic E-state index is 0.251. The summed E-state index contributed by atoms with van der Waals surface area (Å²) < 4.78 is 2.19. The molecule has 4 rings (SSSR count). The number of fused-ring (bicyclic) bond motifs is 1. The maximum absolute atomic E-state index is 9.79. The van der Waals surface area contributed by atoms with Crippen LogP contribution >= 0.6 is 0 Å². The molecule has 3 nitrogen and oxygen atoms in total. The fourth-order valence-electron chi connectivity index (χ4n) is 2.87. The predicted octanol–water partition coefficient (Wildman–Crippen LogP) is 4.46. The van der Waals surface area contributed by atoms with Gasteiger partial charge in [-0.25, -0.2) is 4.98 Å². The molecule has 0 saturated carbocycles. The Balaban J connectivity index is 1.91. The minimum Gasteiger partial charge on any atom is -0.508 e. The van der Waals surface area contributed by atoms with Gasteiger partial charge in [-0.2, -0.15) is 0 Å². The Morgan fingerprint density at radius 2 is 1.61 bits per heavy atom. The van der Waals surface area contributed by atoms with E-state index in [1.54, 1.807) is 12.1 Å². The fraction of sp³-hybridized carbons (Fsp3) is 0.0500. The normalized spacial score (nSPS) is 11.0. The summed E-state index contributed by atoms with van der Waals surface area (Å²) in [5.41, 5.74) is 4.19. The summed E-state index contributed by atoms with van der Waals surface area (Å²) in [6.45, 7) is 0.742. The number of aromatic hydroxyl groups is 1. The maximum Gasteiger partial charge on any atom is 0.141 e. The van der Waals surface area contributed by atoms with Gasteiger partial charge >= 0.3 is 0 Å². The SMILES string of the molecule is Oc1cccc(-c2nc3ccccc3n2Cc2ccccc2)c1. The highest BCUT2D eigenvalue weighted by atomic mass is 16.3. The number of phenols is 1. The number of phenolic OH excluding ortho intramolecular Hbond substituents is 1. The van der Waals surface area contributed by atoms with Crippen molar-refractivity contribution in [1.82, 2.24) is 9.55 Å². The van der Waals surface area contributed by atoms with Crippen LogP contribution in [-0.2, 0) is 6.54 Å². The van der Waals surface area contributed by atoms with Crippen LogP contribution in [0, 0.1) is 0 Å². The molecule has 3 heteroatoms. The largest absolute Gasteiger partial charge is 0.508 e. The molecule has 0 fully saturated rings. The van der Waals surface area contributed by atoms with Gasteiger partial charge in [-0.3, -0.25) is 0 Å². The number of aromatic nitrogens is 2. The van der Waals surface area contributed by atoms with E-state index in [0.717, 1.165) is 29.0 Å². The Hall–Kier alpha value is -3.07. The summed E-state index contributed by atoms with van der Waals surface area (Å²) in [5.74, 6) is 1.12. The van der Waals surface area contributed by atoms with E-state index in [1.807, 2.05) is 48.5 Å². The number of nitrogens with zero attached hydrogens (tertiary/aromatic N) is 2. The number of hydrogen-bond donors (Lipinski definition) is 1. The van der Waals surface area contributed by atoms with Gasteiger partial charge in [0.25, 0.3) is 0 Å². The van der Waals surface area contributed by atoms with Crippen LogP contribution in [0.3, 0.4) is 0 Å². The van der Waals surface area contributed by atoms with Crippen molar-refractivity contribution in [3.63, 3.8) is 0 Å². The Bertz CT molecular complexity index is 958. The highest BCUT2D eigenvalue weighted by Crippen LogP contribution is 2.27. The third-order valence-corrected chi connectivity index (χ3v) is 3.94. The smallest absolute Gasteiger partial charge is 0.141 e. The topological polar surface area (TPSA) is 38.1 Å². The zero-order valence-electron chi connectivity index (χ0n) is 12.6. The van der Waals surface area contributed by atoms with Crippen LogP contribution in [-0.4, -0.2) is 14.7 Å². The van der Waals surface area contributed by atoms with E-state index in [9.17, 15) is 5.11 Å². The van der Waals surface area contributed by atoms with Crippen LogP contribution in [0.5, 0.6) is 5.75 Å². The molecular weight excluding hydrogens is 284 g/mol. The lowest BCUT2D eigenvalue weighted by Crippen LogP contribution is -2.02. The standard InChI is InChI=1S/C20H16N2O/c23-17-10-6-9-16(13-17)20-21-18-11-4-5-12-19(18)22(20)14-15-7-2-1-3-8-15/h1-13,23H,14H2. The first-order valence-corrected chi connectivity index (χ1v) is 7.60. The first kappa shape index (κ1) is 13.6. The van der Waals surface area contributed by atoms with Gasteiger partial charge in [0.15, 0.2) is 0 Å². The molecule has 0 spiro atoms. The number of para-hydroxylation sites is 2.